The lowest BCUT2D eigenvalue weighted by molar-refractivity contribution is -0.0400. The molecular weight excluding hydrogens is 335 g/mol. The maximum Gasteiger partial charge on any atom is 0.261 e. The largest absolute Gasteiger partial charge is 0.374 e. The first-order valence-electron chi connectivity index (χ1n) is 9.44. The van der Waals surface area contributed by atoms with Gasteiger partial charge in [-0.15, -0.1) is 0 Å². The van der Waals surface area contributed by atoms with E-state index in [1.807, 2.05) is 4.90 Å². The summed E-state index contributed by atoms with van der Waals surface area (Å²) in [6.45, 7) is -0.745. The van der Waals surface area contributed by atoms with E-state index in [4.69, 9.17) is 7.48 Å². The topological polar surface area (TPSA) is 49.9 Å². The van der Waals surface area contributed by atoms with E-state index in [0.29, 0.717) is 18.0 Å². The third-order valence-corrected chi connectivity index (χ3v) is 4.54. The summed E-state index contributed by atoms with van der Waals surface area (Å²) in [4.78, 5) is 28.0. The Hall–Kier alpha value is -2.57. The van der Waals surface area contributed by atoms with Gasteiger partial charge in [0.2, 0.25) is 0 Å². The number of nitrogens with zero attached hydrogens (tertiary/aromatic N) is 2. The third-order valence-electron chi connectivity index (χ3n) is 4.54. The molecule has 0 bridgehead atoms. The highest BCUT2D eigenvalue weighted by Gasteiger charge is 2.37. The first-order chi connectivity index (χ1) is 13.4. The average molecular weight is 356 g/mol. The van der Waals surface area contributed by atoms with E-state index in [-0.39, 0.29) is 30.1 Å². The van der Waals surface area contributed by atoms with Gasteiger partial charge in [0.05, 0.1) is 33.1 Å². The van der Waals surface area contributed by atoms with Crippen LogP contribution in [-0.2, 0) is 11.3 Å². The molecule has 5 nitrogen and oxygen atoms in total. The number of benzene rings is 2. The van der Waals surface area contributed by atoms with E-state index < -0.39 is 24.4 Å². The Bertz CT molecular complexity index is 885. The predicted octanol–water partition coefficient (Wildman–Crippen LogP) is 2.32. The number of carbonyl (C=O) groups is 2. The van der Waals surface area contributed by atoms with Gasteiger partial charge in [-0.05, 0) is 29.8 Å². The van der Waals surface area contributed by atoms with Crippen LogP contribution in [0.1, 0.15) is 29.0 Å². The van der Waals surface area contributed by atoms with E-state index in [1.165, 1.54) is 24.3 Å². The second-order valence-electron chi connectivity index (χ2n) is 6.34. The molecule has 0 aliphatic carbocycles. The minimum Gasteiger partial charge on any atom is -0.374 e. The first-order valence-corrected chi connectivity index (χ1v) is 8.44. The third kappa shape index (κ3) is 3.25. The number of rotatable bonds is 4. The highest BCUT2D eigenvalue weighted by Crippen LogP contribution is 2.23. The molecule has 1 atom stereocenters. The molecule has 2 aromatic rings. The van der Waals surface area contributed by atoms with E-state index in [1.54, 1.807) is 24.3 Å². The van der Waals surface area contributed by atoms with Crippen molar-refractivity contribution in [3.05, 3.63) is 71.0 Å². The molecule has 1 fully saturated rings. The first kappa shape index (κ1) is 14.6. The summed E-state index contributed by atoms with van der Waals surface area (Å²) < 4.78 is 35.7. The van der Waals surface area contributed by atoms with Gasteiger partial charge in [-0.25, -0.2) is 4.39 Å². The lowest BCUT2D eigenvalue weighted by Crippen LogP contribution is -2.48. The summed E-state index contributed by atoms with van der Waals surface area (Å²) in [7, 11) is 0. The van der Waals surface area contributed by atoms with Crippen LogP contribution >= 0.6 is 0 Å². The fourth-order valence-corrected chi connectivity index (χ4v) is 3.22. The Morgan fingerprint density at radius 2 is 1.73 bits per heavy atom. The lowest BCUT2D eigenvalue weighted by Gasteiger charge is -2.34. The van der Waals surface area contributed by atoms with Crippen LogP contribution in [-0.4, -0.2) is 53.9 Å². The molecule has 0 saturated carbocycles. The molecule has 2 aliphatic rings. The second-order valence-corrected chi connectivity index (χ2v) is 6.34. The van der Waals surface area contributed by atoms with E-state index >= 15 is 0 Å². The van der Waals surface area contributed by atoms with Crippen LogP contribution < -0.4 is 0 Å². The summed E-state index contributed by atoms with van der Waals surface area (Å²) in [5.74, 6) is -1.61. The molecule has 134 valence electrons. The summed E-state index contributed by atoms with van der Waals surface area (Å²) in [6, 6.07) is 12.4. The second kappa shape index (κ2) is 6.97. The van der Waals surface area contributed by atoms with Gasteiger partial charge >= 0.3 is 0 Å². The van der Waals surface area contributed by atoms with Crippen LogP contribution in [0.5, 0.6) is 0 Å². The van der Waals surface area contributed by atoms with Crippen LogP contribution in [0, 0.1) is 5.82 Å². The van der Waals surface area contributed by atoms with E-state index in [9.17, 15) is 14.0 Å². The highest BCUT2D eigenvalue weighted by atomic mass is 19.1. The molecule has 2 aromatic carbocycles. The monoisotopic (exact) mass is 356 g/mol. The Morgan fingerprint density at radius 3 is 2.38 bits per heavy atom. The number of imide groups is 1. The predicted molar refractivity (Wildman–Crippen MR) is 93.2 cm³/mol. The standard InChI is InChI=1S/C20H19FN2O3/c21-15-7-5-14(6-8-15)11-22-9-10-26-16(12-22)13-23-19(24)17-3-1-2-4-18(17)20(23)25/h1-8,16H,9-13H2/i13D2. The number of carbonyl (C=O) groups excluding carboxylic acids is 2. The molecule has 2 heterocycles. The van der Waals surface area contributed by atoms with Crippen molar-refractivity contribution >= 4 is 11.8 Å². The molecule has 26 heavy (non-hydrogen) atoms. The van der Waals surface area contributed by atoms with Gasteiger partial charge in [-0.3, -0.25) is 19.4 Å². The maximum absolute atomic E-state index is 13.1. The van der Waals surface area contributed by atoms with Crippen LogP contribution in [0.25, 0.3) is 0 Å². The number of amides is 2. The summed E-state index contributed by atoms with van der Waals surface area (Å²) in [6.07, 6.45) is -0.982. The quantitative estimate of drug-likeness (QED) is 0.789. The number of hydrogen-bond acceptors (Lipinski definition) is 4. The minimum absolute atomic E-state index is 0.204. The van der Waals surface area contributed by atoms with Crippen molar-refractivity contribution in [1.82, 2.24) is 9.80 Å². The fourth-order valence-electron chi connectivity index (χ4n) is 3.22. The van der Waals surface area contributed by atoms with Crippen molar-refractivity contribution in [2.75, 3.05) is 26.2 Å². The van der Waals surface area contributed by atoms with Crippen LogP contribution in [0.3, 0.4) is 0 Å². The van der Waals surface area contributed by atoms with Crippen molar-refractivity contribution in [1.29, 1.82) is 0 Å². The van der Waals surface area contributed by atoms with Crippen LogP contribution in [0.2, 0.25) is 0 Å². The molecule has 0 radical (unpaired) electrons. The molecule has 1 saturated heterocycles. The Morgan fingerprint density at radius 1 is 1.08 bits per heavy atom. The molecule has 2 amide bonds. The molecule has 1 unspecified atom stereocenters. The van der Waals surface area contributed by atoms with E-state index in [2.05, 4.69) is 0 Å². The zero-order valence-corrected chi connectivity index (χ0v) is 14.0. The highest BCUT2D eigenvalue weighted by molar-refractivity contribution is 6.21. The van der Waals surface area contributed by atoms with E-state index in [0.717, 1.165) is 5.56 Å². The molecule has 4 rings (SSSR count). The lowest BCUT2D eigenvalue weighted by atomic mass is 10.1. The number of hydrogen-bond donors (Lipinski definition) is 0. The van der Waals surface area contributed by atoms with Gasteiger partial charge in [-0.2, -0.15) is 0 Å². The zero-order valence-electron chi connectivity index (χ0n) is 16.0. The molecule has 0 aromatic heterocycles. The van der Waals surface area contributed by atoms with Crippen molar-refractivity contribution < 1.29 is 21.5 Å². The zero-order chi connectivity index (χ0) is 19.9. The van der Waals surface area contributed by atoms with Crippen LogP contribution in [0.4, 0.5) is 4.39 Å². The molecule has 2 aliphatic heterocycles. The summed E-state index contributed by atoms with van der Waals surface area (Å²) in [5.41, 5.74) is 1.30. The molecule has 0 N–H and O–H groups in total. The van der Waals surface area contributed by atoms with Crippen molar-refractivity contribution in [3.63, 3.8) is 0 Å². The average Bonchev–Trinajstić information content (AvgIpc) is 2.95. The van der Waals surface area contributed by atoms with Gasteiger partial charge in [-0.1, -0.05) is 24.3 Å². The normalized spacial score (nSPS) is 22.2. The summed E-state index contributed by atoms with van der Waals surface area (Å²) >= 11 is 0. The summed E-state index contributed by atoms with van der Waals surface area (Å²) in [5, 5.41) is 0. The van der Waals surface area contributed by atoms with Gasteiger partial charge in [0, 0.05) is 19.6 Å². The molecular formula is C20H19FN2O3. The Balaban J connectivity index is 1.52. The smallest absolute Gasteiger partial charge is 0.261 e. The minimum atomic E-state index is -2.30. The van der Waals surface area contributed by atoms with Gasteiger partial charge in [0.15, 0.2) is 0 Å². The molecule has 0 spiro atoms. The van der Waals surface area contributed by atoms with Crippen molar-refractivity contribution in [2.45, 2.75) is 12.6 Å². The van der Waals surface area contributed by atoms with Gasteiger partial charge in [0.25, 0.3) is 11.8 Å². The van der Waals surface area contributed by atoms with Crippen molar-refractivity contribution in [2.24, 2.45) is 0 Å². The fraction of sp³-hybridized carbons (Fsp3) is 0.300. The SMILES string of the molecule is [2H]C([2H])(C1CN(Cc2ccc(F)cc2)CCO1)N1C(=O)c2ccccc2C1=O. The number of morpholine rings is 1. The number of ether oxygens (including phenoxy) is 1. The maximum atomic E-state index is 13.1. The van der Waals surface area contributed by atoms with Crippen LogP contribution in [0.15, 0.2) is 48.5 Å². The van der Waals surface area contributed by atoms with Gasteiger partial charge < -0.3 is 4.74 Å². The Kier molecular flexibility index (Phi) is 3.91. The molecule has 6 heteroatoms. The number of halogens is 1. The Labute approximate surface area is 153 Å². The van der Waals surface area contributed by atoms with Gasteiger partial charge in [0.1, 0.15) is 5.82 Å². The number of fused-ring (bicyclic) bond motifs is 1. The van der Waals surface area contributed by atoms with Crippen molar-refractivity contribution in [3.8, 4) is 0 Å².